The smallest absolute Gasteiger partial charge is 0.232 e. The van der Waals surface area contributed by atoms with Gasteiger partial charge >= 0.3 is 0 Å². The van der Waals surface area contributed by atoms with Gasteiger partial charge in [0.2, 0.25) is 15.9 Å². The minimum atomic E-state index is -3.45. The molecule has 130 valence electrons. The molecular weight excluding hydrogens is 312 g/mol. The summed E-state index contributed by atoms with van der Waals surface area (Å²) in [5.74, 6) is -0.138. The van der Waals surface area contributed by atoms with Crippen LogP contribution in [0.4, 0.5) is 5.69 Å². The van der Waals surface area contributed by atoms with Gasteiger partial charge in [-0.15, -0.1) is 0 Å². The molecule has 0 aliphatic carbocycles. The van der Waals surface area contributed by atoms with Crippen molar-refractivity contribution < 1.29 is 13.2 Å². The third-order valence-corrected chi connectivity index (χ3v) is 4.77. The standard InChI is InChI=1S/C17H28N2O3S/c1-6-14-9-8-10-15(7-2)17(14)19(23(5,21)22)12-11-16(20)18-13(3)4/h8-10,13H,6-7,11-12H2,1-5H3,(H,18,20). The zero-order valence-corrected chi connectivity index (χ0v) is 15.5. The summed E-state index contributed by atoms with van der Waals surface area (Å²) in [6, 6.07) is 5.89. The number of amides is 1. The third-order valence-electron chi connectivity index (χ3n) is 3.61. The summed E-state index contributed by atoms with van der Waals surface area (Å²) in [5.41, 5.74) is 2.70. The van der Waals surface area contributed by atoms with E-state index in [1.54, 1.807) is 0 Å². The van der Waals surface area contributed by atoms with E-state index in [0.29, 0.717) is 0 Å². The van der Waals surface area contributed by atoms with Gasteiger partial charge in [0.1, 0.15) is 0 Å². The van der Waals surface area contributed by atoms with Gasteiger partial charge in [0.15, 0.2) is 0 Å². The van der Waals surface area contributed by atoms with Gasteiger partial charge in [0.25, 0.3) is 0 Å². The number of benzene rings is 1. The molecule has 23 heavy (non-hydrogen) atoms. The van der Waals surface area contributed by atoms with E-state index in [9.17, 15) is 13.2 Å². The van der Waals surface area contributed by atoms with E-state index < -0.39 is 10.0 Å². The van der Waals surface area contributed by atoms with Crippen LogP contribution in [0.5, 0.6) is 0 Å². The molecule has 0 fully saturated rings. The Hall–Kier alpha value is -1.56. The van der Waals surface area contributed by atoms with Gasteiger partial charge in [-0.1, -0.05) is 32.0 Å². The Labute approximate surface area is 140 Å². The topological polar surface area (TPSA) is 66.5 Å². The first-order chi connectivity index (χ1) is 10.7. The van der Waals surface area contributed by atoms with Gasteiger partial charge in [-0.2, -0.15) is 0 Å². The Morgan fingerprint density at radius 1 is 1.17 bits per heavy atom. The molecule has 0 bridgehead atoms. The summed E-state index contributed by atoms with van der Waals surface area (Å²) in [7, 11) is -3.45. The highest BCUT2D eigenvalue weighted by atomic mass is 32.2. The first kappa shape index (κ1) is 19.5. The number of aryl methyl sites for hydroxylation is 2. The fourth-order valence-corrected chi connectivity index (χ4v) is 3.57. The monoisotopic (exact) mass is 340 g/mol. The average molecular weight is 340 g/mol. The van der Waals surface area contributed by atoms with Crippen molar-refractivity contribution in [2.24, 2.45) is 0 Å². The molecule has 0 heterocycles. The van der Waals surface area contributed by atoms with Gasteiger partial charge in [0.05, 0.1) is 11.9 Å². The molecule has 1 rings (SSSR count). The van der Waals surface area contributed by atoms with E-state index in [0.717, 1.165) is 29.7 Å². The number of nitrogens with zero attached hydrogens (tertiary/aromatic N) is 1. The fourth-order valence-electron chi connectivity index (χ4n) is 2.58. The molecule has 1 N–H and O–H groups in total. The zero-order chi connectivity index (χ0) is 17.6. The number of nitrogens with one attached hydrogen (secondary N) is 1. The van der Waals surface area contributed by atoms with Crippen molar-refractivity contribution in [2.45, 2.75) is 53.0 Å². The van der Waals surface area contributed by atoms with Crippen LogP contribution in [0.25, 0.3) is 0 Å². The Balaban J connectivity index is 3.17. The van der Waals surface area contributed by atoms with Gasteiger partial charge in [-0.3, -0.25) is 9.10 Å². The molecule has 0 aliphatic rings. The first-order valence-electron chi connectivity index (χ1n) is 8.08. The van der Waals surface area contributed by atoms with Gasteiger partial charge in [-0.05, 0) is 37.8 Å². The van der Waals surface area contributed by atoms with E-state index in [-0.39, 0.29) is 24.9 Å². The molecule has 0 atom stereocenters. The van der Waals surface area contributed by atoms with E-state index in [2.05, 4.69) is 5.32 Å². The lowest BCUT2D eigenvalue weighted by atomic mass is 10.0. The highest BCUT2D eigenvalue weighted by Crippen LogP contribution is 2.29. The second-order valence-electron chi connectivity index (χ2n) is 5.94. The van der Waals surface area contributed by atoms with E-state index in [4.69, 9.17) is 0 Å². The first-order valence-corrected chi connectivity index (χ1v) is 9.93. The van der Waals surface area contributed by atoms with Crippen LogP contribution in [-0.2, 0) is 27.7 Å². The number of hydrogen-bond acceptors (Lipinski definition) is 3. The van der Waals surface area contributed by atoms with E-state index >= 15 is 0 Å². The molecule has 0 aliphatic heterocycles. The molecule has 0 saturated heterocycles. The number of hydrogen-bond donors (Lipinski definition) is 1. The summed E-state index contributed by atoms with van der Waals surface area (Å²) < 4.78 is 26.0. The van der Waals surface area contributed by atoms with Crippen molar-refractivity contribution in [3.8, 4) is 0 Å². The summed E-state index contributed by atoms with van der Waals surface area (Å²) in [6.45, 7) is 7.93. The predicted molar refractivity (Wildman–Crippen MR) is 95.3 cm³/mol. The van der Waals surface area contributed by atoms with Crippen LogP contribution in [0.15, 0.2) is 18.2 Å². The molecular formula is C17H28N2O3S. The Bertz CT molecular complexity index is 617. The molecule has 0 spiro atoms. The van der Waals surface area contributed by atoms with E-state index in [1.807, 2.05) is 45.9 Å². The lowest BCUT2D eigenvalue weighted by Crippen LogP contribution is -2.37. The molecule has 1 aromatic carbocycles. The maximum absolute atomic E-state index is 12.3. The van der Waals surface area contributed by atoms with Crippen molar-refractivity contribution >= 4 is 21.6 Å². The maximum atomic E-state index is 12.3. The van der Waals surface area contributed by atoms with Crippen LogP contribution in [0, 0.1) is 0 Å². The average Bonchev–Trinajstić information content (AvgIpc) is 2.45. The molecule has 0 radical (unpaired) electrons. The molecule has 0 saturated carbocycles. The predicted octanol–water partition coefficient (Wildman–Crippen LogP) is 2.49. The largest absolute Gasteiger partial charge is 0.354 e. The lowest BCUT2D eigenvalue weighted by molar-refractivity contribution is -0.121. The zero-order valence-electron chi connectivity index (χ0n) is 14.7. The maximum Gasteiger partial charge on any atom is 0.232 e. The Kier molecular flexibility index (Phi) is 7.06. The lowest BCUT2D eigenvalue weighted by Gasteiger charge is -2.27. The number of para-hydroxylation sites is 1. The van der Waals surface area contributed by atoms with E-state index in [1.165, 1.54) is 10.6 Å². The highest BCUT2D eigenvalue weighted by molar-refractivity contribution is 7.92. The van der Waals surface area contributed by atoms with Gasteiger partial charge in [-0.25, -0.2) is 8.42 Å². The number of anilines is 1. The van der Waals surface area contributed by atoms with Crippen LogP contribution in [0.3, 0.4) is 0 Å². The van der Waals surface area contributed by atoms with Gasteiger partial charge in [0, 0.05) is 19.0 Å². The second kappa shape index (κ2) is 8.34. The summed E-state index contributed by atoms with van der Waals surface area (Å²) >= 11 is 0. The van der Waals surface area contributed by atoms with Crippen molar-refractivity contribution in [1.82, 2.24) is 5.32 Å². The third kappa shape index (κ3) is 5.53. The molecule has 6 heteroatoms. The minimum Gasteiger partial charge on any atom is -0.354 e. The summed E-state index contributed by atoms with van der Waals surface area (Å²) in [5, 5.41) is 2.80. The molecule has 1 amide bonds. The van der Waals surface area contributed by atoms with Crippen molar-refractivity contribution in [1.29, 1.82) is 0 Å². The van der Waals surface area contributed by atoms with Crippen LogP contribution >= 0.6 is 0 Å². The summed E-state index contributed by atoms with van der Waals surface area (Å²) in [4.78, 5) is 11.9. The number of sulfonamides is 1. The van der Waals surface area contributed by atoms with Gasteiger partial charge < -0.3 is 5.32 Å². The minimum absolute atomic E-state index is 0.0447. The van der Waals surface area contributed by atoms with Crippen LogP contribution in [0.2, 0.25) is 0 Å². The molecule has 5 nitrogen and oxygen atoms in total. The Morgan fingerprint density at radius 2 is 1.70 bits per heavy atom. The number of carbonyl (C=O) groups is 1. The Morgan fingerprint density at radius 3 is 2.09 bits per heavy atom. The molecule has 0 unspecified atom stereocenters. The van der Waals surface area contributed by atoms with Crippen LogP contribution in [0.1, 0.15) is 45.2 Å². The second-order valence-corrected chi connectivity index (χ2v) is 7.85. The fraction of sp³-hybridized carbons (Fsp3) is 0.588. The number of carbonyl (C=O) groups excluding carboxylic acids is 1. The molecule has 0 aromatic heterocycles. The van der Waals surface area contributed by atoms with Crippen molar-refractivity contribution in [2.75, 3.05) is 17.1 Å². The highest BCUT2D eigenvalue weighted by Gasteiger charge is 2.23. The van der Waals surface area contributed by atoms with Crippen molar-refractivity contribution in [3.05, 3.63) is 29.3 Å². The van der Waals surface area contributed by atoms with Crippen molar-refractivity contribution in [3.63, 3.8) is 0 Å². The normalized spacial score (nSPS) is 11.6. The number of rotatable bonds is 8. The SMILES string of the molecule is CCc1cccc(CC)c1N(CCC(=O)NC(C)C)S(C)(=O)=O. The summed E-state index contributed by atoms with van der Waals surface area (Å²) in [6.07, 6.45) is 2.83. The quantitative estimate of drug-likeness (QED) is 0.790. The van der Waals surface area contributed by atoms with Crippen LogP contribution in [-0.4, -0.2) is 33.2 Å². The molecule has 1 aromatic rings. The van der Waals surface area contributed by atoms with Crippen LogP contribution < -0.4 is 9.62 Å².